The number of aromatic carboxylic acids is 1. The van der Waals surface area contributed by atoms with Crippen LogP contribution in [-0.2, 0) is 0 Å². The molecule has 0 radical (unpaired) electrons. The first-order valence-electron chi connectivity index (χ1n) is 6.46. The van der Waals surface area contributed by atoms with Crippen LogP contribution < -0.4 is 0 Å². The number of benzene rings is 2. The van der Waals surface area contributed by atoms with Crippen LogP contribution in [0.5, 0.6) is 0 Å². The highest BCUT2D eigenvalue weighted by Crippen LogP contribution is 2.18. The first kappa shape index (κ1) is 13.0. The quantitative estimate of drug-likeness (QED) is 0.742. The molecule has 3 aromatic rings. The van der Waals surface area contributed by atoms with Crippen LogP contribution in [0, 0.1) is 0 Å². The zero-order chi connectivity index (χ0) is 14.7. The van der Waals surface area contributed by atoms with Crippen LogP contribution in [0.25, 0.3) is 10.9 Å². The Hall–Kier alpha value is -3.01. The fourth-order valence-electron chi connectivity index (χ4n) is 2.06. The van der Waals surface area contributed by atoms with Gasteiger partial charge in [-0.1, -0.05) is 36.4 Å². The lowest BCUT2D eigenvalue weighted by molar-refractivity contribution is 0.0698. The minimum Gasteiger partial charge on any atom is -0.478 e. The van der Waals surface area contributed by atoms with E-state index in [-0.39, 0.29) is 5.56 Å². The van der Waals surface area contributed by atoms with Crippen molar-refractivity contribution < 1.29 is 9.90 Å². The van der Waals surface area contributed by atoms with Gasteiger partial charge < -0.3 is 5.11 Å². The molecule has 0 fully saturated rings. The van der Waals surface area contributed by atoms with Crippen LogP contribution in [0.4, 0.5) is 5.69 Å². The van der Waals surface area contributed by atoms with Gasteiger partial charge in [-0.2, -0.15) is 0 Å². The van der Waals surface area contributed by atoms with E-state index in [1.165, 1.54) is 6.07 Å². The predicted octanol–water partition coefficient (Wildman–Crippen LogP) is 3.68. The molecular formula is C17H12N2O2. The second-order valence-corrected chi connectivity index (χ2v) is 4.51. The van der Waals surface area contributed by atoms with Crippen molar-refractivity contribution in [2.24, 2.45) is 4.99 Å². The Labute approximate surface area is 121 Å². The lowest BCUT2D eigenvalue weighted by Crippen LogP contribution is -1.96. The van der Waals surface area contributed by atoms with Gasteiger partial charge in [-0.3, -0.25) is 4.99 Å². The van der Waals surface area contributed by atoms with Crippen molar-refractivity contribution in [3.8, 4) is 0 Å². The molecule has 0 unspecified atom stereocenters. The molecular weight excluding hydrogens is 264 g/mol. The number of aromatic nitrogens is 1. The number of nitrogens with zero attached hydrogens (tertiary/aromatic N) is 2. The van der Waals surface area contributed by atoms with Crippen molar-refractivity contribution >= 4 is 28.8 Å². The normalized spacial score (nSPS) is 11.0. The number of carboxylic acid groups (broad SMARTS) is 1. The smallest absolute Gasteiger partial charge is 0.337 e. The van der Waals surface area contributed by atoms with Crippen LogP contribution in [0.1, 0.15) is 16.1 Å². The number of hydrogen-bond donors (Lipinski definition) is 1. The molecule has 0 atom stereocenters. The van der Waals surface area contributed by atoms with E-state index in [0.717, 1.165) is 10.9 Å². The maximum atomic E-state index is 11.1. The molecule has 1 aromatic heterocycles. The summed E-state index contributed by atoms with van der Waals surface area (Å²) in [5.74, 6) is -0.991. The first-order valence-corrected chi connectivity index (χ1v) is 6.46. The summed E-state index contributed by atoms with van der Waals surface area (Å²) in [4.78, 5) is 19.8. The van der Waals surface area contributed by atoms with Crippen molar-refractivity contribution in [2.75, 3.05) is 0 Å². The summed E-state index contributed by atoms with van der Waals surface area (Å²) in [5, 5.41) is 10.2. The van der Waals surface area contributed by atoms with Gasteiger partial charge in [0.05, 0.1) is 28.7 Å². The number of fused-ring (bicyclic) bond motifs is 1. The molecule has 1 N–H and O–H groups in total. The highest BCUT2D eigenvalue weighted by Gasteiger charge is 2.07. The zero-order valence-electron chi connectivity index (χ0n) is 11.1. The fraction of sp³-hybridized carbons (Fsp3) is 0. The second-order valence-electron chi connectivity index (χ2n) is 4.51. The van der Waals surface area contributed by atoms with Crippen LogP contribution in [0.3, 0.4) is 0 Å². The van der Waals surface area contributed by atoms with Gasteiger partial charge in [-0.05, 0) is 24.3 Å². The van der Waals surface area contributed by atoms with Gasteiger partial charge in [0.1, 0.15) is 0 Å². The van der Waals surface area contributed by atoms with E-state index in [1.54, 1.807) is 24.4 Å². The van der Waals surface area contributed by atoms with Crippen LogP contribution in [0.2, 0.25) is 0 Å². The number of aliphatic imine (C=N–C) groups is 1. The Balaban J connectivity index is 1.96. The molecule has 0 bridgehead atoms. The average molecular weight is 276 g/mol. The molecule has 2 aromatic carbocycles. The Morgan fingerprint density at radius 3 is 2.62 bits per heavy atom. The largest absolute Gasteiger partial charge is 0.478 e. The summed E-state index contributed by atoms with van der Waals surface area (Å²) in [6.45, 7) is 0. The van der Waals surface area contributed by atoms with Crippen LogP contribution >= 0.6 is 0 Å². The summed E-state index contributed by atoms with van der Waals surface area (Å²) in [6, 6.07) is 18.3. The summed E-state index contributed by atoms with van der Waals surface area (Å²) >= 11 is 0. The van der Waals surface area contributed by atoms with Crippen molar-refractivity contribution in [1.82, 2.24) is 4.98 Å². The molecule has 0 spiro atoms. The van der Waals surface area contributed by atoms with E-state index in [0.29, 0.717) is 11.4 Å². The molecule has 102 valence electrons. The standard InChI is InChI=1S/C17H12N2O2/c20-17(21)14-6-2-4-8-16(14)18-11-13-10-9-12-5-1-3-7-15(12)19-13/h1-11H,(H,20,21)/b18-11+. The summed E-state index contributed by atoms with van der Waals surface area (Å²) < 4.78 is 0. The predicted molar refractivity (Wildman–Crippen MR) is 82.4 cm³/mol. The minimum atomic E-state index is -0.991. The van der Waals surface area contributed by atoms with Gasteiger partial charge in [0.25, 0.3) is 0 Å². The lowest BCUT2D eigenvalue weighted by Gasteiger charge is -2.00. The highest BCUT2D eigenvalue weighted by atomic mass is 16.4. The van der Waals surface area contributed by atoms with Crippen LogP contribution in [-0.4, -0.2) is 22.3 Å². The molecule has 0 saturated carbocycles. The van der Waals surface area contributed by atoms with E-state index >= 15 is 0 Å². The van der Waals surface area contributed by atoms with E-state index in [2.05, 4.69) is 9.98 Å². The third-order valence-corrected chi connectivity index (χ3v) is 3.09. The van der Waals surface area contributed by atoms with Crippen molar-refractivity contribution in [3.05, 3.63) is 71.9 Å². The first-order chi connectivity index (χ1) is 10.2. The third kappa shape index (κ3) is 2.79. The van der Waals surface area contributed by atoms with Crippen molar-refractivity contribution in [1.29, 1.82) is 0 Å². The third-order valence-electron chi connectivity index (χ3n) is 3.09. The van der Waals surface area contributed by atoms with E-state index in [4.69, 9.17) is 5.11 Å². The molecule has 1 heterocycles. The topological polar surface area (TPSA) is 62.5 Å². The van der Waals surface area contributed by atoms with Gasteiger partial charge in [-0.25, -0.2) is 9.78 Å². The fourth-order valence-corrected chi connectivity index (χ4v) is 2.06. The SMILES string of the molecule is O=C(O)c1ccccc1/N=C/c1ccc2ccccc2n1. The van der Waals surface area contributed by atoms with E-state index in [1.807, 2.05) is 36.4 Å². The molecule has 0 amide bonds. The number of rotatable bonds is 3. The summed E-state index contributed by atoms with van der Waals surface area (Å²) in [5.41, 5.74) is 2.16. The number of hydrogen-bond acceptors (Lipinski definition) is 3. The number of para-hydroxylation sites is 2. The second kappa shape index (κ2) is 5.54. The van der Waals surface area contributed by atoms with Gasteiger partial charge in [0, 0.05) is 5.39 Å². The number of pyridine rings is 1. The van der Waals surface area contributed by atoms with Crippen LogP contribution in [0.15, 0.2) is 65.7 Å². The molecule has 3 rings (SSSR count). The van der Waals surface area contributed by atoms with E-state index < -0.39 is 5.97 Å². The maximum Gasteiger partial charge on any atom is 0.337 e. The number of carbonyl (C=O) groups is 1. The minimum absolute atomic E-state index is 0.175. The number of carboxylic acids is 1. The van der Waals surface area contributed by atoms with Gasteiger partial charge in [-0.15, -0.1) is 0 Å². The Morgan fingerprint density at radius 1 is 1.00 bits per heavy atom. The lowest BCUT2D eigenvalue weighted by atomic mass is 10.2. The van der Waals surface area contributed by atoms with Gasteiger partial charge in [0.2, 0.25) is 0 Å². The molecule has 0 saturated heterocycles. The van der Waals surface area contributed by atoms with Gasteiger partial charge >= 0.3 is 5.97 Å². The molecule has 21 heavy (non-hydrogen) atoms. The Bertz CT molecular complexity index is 841. The van der Waals surface area contributed by atoms with Crippen molar-refractivity contribution in [3.63, 3.8) is 0 Å². The molecule has 0 aliphatic heterocycles. The Morgan fingerprint density at radius 2 is 1.76 bits per heavy atom. The highest BCUT2D eigenvalue weighted by molar-refractivity contribution is 5.95. The molecule has 0 aliphatic carbocycles. The summed E-state index contributed by atoms with van der Waals surface area (Å²) in [6.07, 6.45) is 1.58. The Kier molecular flexibility index (Phi) is 3.43. The molecule has 0 aliphatic rings. The average Bonchev–Trinajstić information content (AvgIpc) is 2.53. The molecule has 4 nitrogen and oxygen atoms in total. The monoisotopic (exact) mass is 276 g/mol. The molecule has 4 heteroatoms. The summed E-state index contributed by atoms with van der Waals surface area (Å²) in [7, 11) is 0. The van der Waals surface area contributed by atoms with E-state index in [9.17, 15) is 4.79 Å². The van der Waals surface area contributed by atoms with Crippen molar-refractivity contribution in [2.45, 2.75) is 0 Å². The van der Waals surface area contributed by atoms with Gasteiger partial charge in [0.15, 0.2) is 0 Å². The maximum absolute atomic E-state index is 11.1. The zero-order valence-corrected chi connectivity index (χ0v) is 11.1.